The van der Waals surface area contributed by atoms with Crippen LogP contribution in [-0.2, 0) is 0 Å². The maximum absolute atomic E-state index is 13.5. The van der Waals surface area contributed by atoms with Gasteiger partial charge in [-0.15, -0.1) is 0 Å². The molecule has 10 rings (SSSR count). The van der Waals surface area contributed by atoms with E-state index in [0.29, 0.717) is 21.9 Å². The van der Waals surface area contributed by atoms with Crippen LogP contribution in [0.15, 0.2) is 228 Å². The zero-order valence-electron chi connectivity index (χ0n) is 31.1. The highest BCUT2D eigenvalue weighted by atomic mass is 16.3. The molecule has 0 fully saturated rings. The fourth-order valence-electron chi connectivity index (χ4n) is 7.88. The molecule has 57 heavy (non-hydrogen) atoms. The lowest BCUT2D eigenvalue weighted by Gasteiger charge is -2.14. The van der Waals surface area contributed by atoms with Gasteiger partial charge in [-0.2, -0.15) is 0 Å². The molecule has 0 bridgehead atoms. The molecule has 0 aliphatic heterocycles. The molecule has 268 valence electrons. The standard InChI is InChI=1S/C55H36O2/c56-55-51-25-7-8-26-53(51)57-54-28-27-47(36-52(54)55)43-21-11-19-41(31-43)42-20-12-24-46(32-42)50-34-48(44-22-9-17-39(29-44)37-13-3-1-4-14-37)33-49(35-50)45-23-10-18-40(30-45)38-15-5-2-6-16-38/h1-36H. The zero-order valence-corrected chi connectivity index (χ0v) is 31.1. The Morgan fingerprint density at radius 2 is 0.544 bits per heavy atom. The molecule has 2 nitrogen and oxygen atoms in total. The van der Waals surface area contributed by atoms with Crippen molar-refractivity contribution in [1.29, 1.82) is 0 Å². The van der Waals surface area contributed by atoms with Crippen LogP contribution in [0.4, 0.5) is 0 Å². The van der Waals surface area contributed by atoms with Gasteiger partial charge >= 0.3 is 0 Å². The molecule has 0 aliphatic rings. The minimum absolute atomic E-state index is 0.0160. The van der Waals surface area contributed by atoms with E-state index in [2.05, 4.69) is 176 Å². The van der Waals surface area contributed by atoms with E-state index >= 15 is 0 Å². The van der Waals surface area contributed by atoms with E-state index in [1.807, 2.05) is 42.5 Å². The summed E-state index contributed by atoms with van der Waals surface area (Å²) in [5, 5.41) is 1.17. The van der Waals surface area contributed by atoms with Gasteiger partial charge in [-0.25, -0.2) is 0 Å². The van der Waals surface area contributed by atoms with Crippen LogP contribution >= 0.6 is 0 Å². The van der Waals surface area contributed by atoms with Gasteiger partial charge in [0.05, 0.1) is 10.8 Å². The summed E-state index contributed by atoms with van der Waals surface area (Å²) in [5.41, 5.74) is 17.1. The molecule has 0 N–H and O–H groups in total. The quantitative estimate of drug-likeness (QED) is 0.153. The third-order valence-corrected chi connectivity index (χ3v) is 10.8. The molecular weight excluding hydrogens is 693 g/mol. The van der Waals surface area contributed by atoms with Crippen LogP contribution in [0.25, 0.3) is 99.8 Å². The number of rotatable bonds is 7. The van der Waals surface area contributed by atoms with Gasteiger partial charge < -0.3 is 4.42 Å². The maximum atomic E-state index is 13.5. The second-order valence-corrected chi connectivity index (χ2v) is 14.5. The van der Waals surface area contributed by atoms with E-state index < -0.39 is 0 Å². The molecule has 0 saturated heterocycles. The molecule has 0 amide bonds. The van der Waals surface area contributed by atoms with Gasteiger partial charge in [0.2, 0.25) is 5.43 Å². The molecule has 0 radical (unpaired) electrons. The second kappa shape index (κ2) is 14.6. The predicted molar refractivity (Wildman–Crippen MR) is 238 cm³/mol. The summed E-state index contributed by atoms with van der Waals surface area (Å²) in [7, 11) is 0. The van der Waals surface area contributed by atoms with E-state index in [1.54, 1.807) is 0 Å². The molecule has 2 heteroatoms. The van der Waals surface area contributed by atoms with E-state index in [0.717, 1.165) is 44.5 Å². The van der Waals surface area contributed by atoms with Gasteiger partial charge in [-0.3, -0.25) is 4.79 Å². The van der Waals surface area contributed by atoms with Crippen LogP contribution in [0.1, 0.15) is 0 Å². The van der Waals surface area contributed by atoms with Crippen molar-refractivity contribution in [3.8, 4) is 77.9 Å². The lowest BCUT2D eigenvalue weighted by atomic mass is 9.90. The van der Waals surface area contributed by atoms with Crippen molar-refractivity contribution in [2.45, 2.75) is 0 Å². The Balaban J connectivity index is 1.06. The van der Waals surface area contributed by atoms with Gasteiger partial charge in [0.25, 0.3) is 0 Å². The third kappa shape index (κ3) is 6.75. The lowest BCUT2D eigenvalue weighted by Crippen LogP contribution is -2.01. The number of para-hydroxylation sites is 1. The first-order chi connectivity index (χ1) is 28.1. The molecule has 0 saturated carbocycles. The summed E-state index contributed by atoms with van der Waals surface area (Å²) in [6.45, 7) is 0. The van der Waals surface area contributed by atoms with Crippen molar-refractivity contribution in [1.82, 2.24) is 0 Å². The highest BCUT2D eigenvalue weighted by Crippen LogP contribution is 2.37. The molecule has 9 aromatic carbocycles. The summed E-state index contributed by atoms with van der Waals surface area (Å²) in [6.07, 6.45) is 0. The summed E-state index contributed by atoms with van der Waals surface area (Å²) in [6, 6.07) is 76.3. The first kappa shape index (κ1) is 34.0. The minimum atomic E-state index is -0.0160. The lowest BCUT2D eigenvalue weighted by molar-refractivity contribution is 0.660. The molecule has 0 aliphatic carbocycles. The van der Waals surface area contributed by atoms with E-state index in [4.69, 9.17) is 4.42 Å². The van der Waals surface area contributed by atoms with Crippen LogP contribution < -0.4 is 5.43 Å². The fourth-order valence-corrected chi connectivity index (χ4v) is 7.88. The number of hydrogen-bond acceptors (Lipinski definition) is 2. The Hall–Kier alpha value is -7.55. The van der Waals surface area contributed by atoms with Crippen molar-refractivity contribution in [3.05, 3.63) is 229 Å². The van der Waals surface area contributed by atoms with Crippen LogP contribution in [0.2, 0.25) is 0 Å². The van der Waals surface area contributed by atoms with Gasteiger partial charge in [-0.1, -0.05) is 152 Å². The van der Waals surface area contributed by atoms with Crippen molar-refractivity contribution in [3.63, 3.8) is 0 Å². The van der Waals surface area contributed by atoms with Crippen LogP contribution in [-0.4, -0.2) is 0 Å². The highest BCUT2D eigenvalue weighted by molar-refractivity contribution is 5.92. The number of hydrogen-bond donors (Lipinski definition) is 0. The van der Waals surface area contributed by atoms with Crippen LogP contribution in [0.3, 0.4) is 0 Å². The fraction of sp³-hybridized carbons (Fsp3) is 0. The maximum Gasteiger partial charge on any atom is 0.200 e. The first-order valence-electron chi connectivity index (χ1n) is 19.3. The van der Waals surface area contributed by atoms with Gasteiger partial charge in [0.15, 0.2) is 0 Å². The Bertz CT molecular complexity index is 3040. The largest absolute Gasteiger partial charge is 0.456 e. The average Bonchev–Trinajstić information content (AvgIpc) is 3.29. The molecule has 1 heterocycles. The first-order valence-corrected chi connectivity index (χ1v) is 19.3. The normalized spacial score (nSPS) is 11.2. The van der Waals surface area contributed by atoms with Crippen molar-refractivity contribution < 1.29 is 4.42 Å². The van der Waals surface area contributed by atoms with Crippen LogP contribution in [0.5, 0.6) is 0 Å². The molecule has 1 aromatic heterocycles. The van der Waals surface area contributed by atoms with Crippen LogP contribution in [0, 0.1) is 0 Å². The zero-order chi connectivity index (χ0) is 38.1. The van der Waals surface area contributed by atoms with E-state index in [9.17, 15) is 4.79 Å². The minimum Gasteiger partial charge on any atom is -0.456 e. The third-order valence-electron chi connectivity index (χ3n) is 10.8. The molecule has 0 atom stereocenters. The Labute approximate surface area is 331 Å². The van der Waals surface area contributed by atoms with Gasteiger partial charge in [0.1, 0.15) is 11.2 Å². The smallest absolute Gasteiger partial charge is 0.200 e. The topological polar surface area (TPSA) is 30.2 Å². The summed E-state index contributed by atoms with van der Waals surface area (Å²) >= 11 is 0. The monoisotopic (exact) mass is 728 g/mol. The summed E-state index contributed by atoms with van der Waals surface area (Å²) < 4.78 is 6.09. The highest BCUT2D eigenvalue weighted by Gasteiger charge is 2.13. The molecule has 10 aromatic rings. The summed E-state index contributed by atoms with van der Waals surface area (Å²) in [4.78, 5) is 13.5. The number of benzene rings is 9. The Morgan fingerprint density at radius 1 is 0.228 bits per heavy atom. The molecule has 0 unspecified atom stereocenters. The second-order valence-electron chi connectivity index (χ2n) is 14.5. The molecular formula is C55H36O2. The Morgan fingerprint density at radius 3 is 1.00 bits per heavy atom. The van der Waals surface area contributed by atoms with Crippen molar-refractivity contribution in [2.24, 2.45) is 0 Å². The van der Waals surface area contributed by atoms with E-state index in [1.165, 1.54) is 33.4 Å². The molecule has 0 spiro atoms. The van der Waals surface area contributed by atoms with Gasteiger partial charge in [-0.05, 0) is 145 Å². The van der Waals surface area contributed by atoms with Gasteiger partial charge in [0, 0.05) is 0 Å². The van der Waals surface area contributed by atoms with Crippen molar-refractivity contribution >= 4 is 21.9 Å². The average molecular weight is 729 g/mol. The summed E-state index contributed by atoms with van der Waals surface area (Å²) in [5.74, 6) is 0. The predicted octanol–water partition coefficient (Wildman–Crippen LogP) is 14.6. The van der Waals surface area contributed by atoms with Crippen molar-refractivity contribution in [2.75, 3.05) is 0 Å². The van der Waals surface area contributed by atoms with E-state index in [-0.39, 0.29) is 5.43 Å². The Kier molecular flexibility index (Phi) is 8.70. The number of fused-ring (bicyclic) bond motifs is 2. The SMILES string of the molecule is O=c1c2ccccc2oc2ccc(-c3cccc(-c4cccc(-c5cc(-c6cccc(-c7ccccc7)c6)cc(-c6cccc(-c7ccccc7)c6)c5)c4)c3)cc12.